The van der Waals surface area contributed by atoms with Crippen molar-refractivity contribution in [3.05, 3.63) is 35.2 Å². The number of aromatic nitrogens is 1. The van der Waals surface area contributed by atoms with Crippen molar-refractivity contribution in [3.63, 3.8) is 0 Å². The molecule has 9 heteroatoms. The first-order valence-electron chi connectivity index (χ1n) is 7.82. The van der Waals surface area contributed by atoms with E-state index in [1.807, 2.05) is 0 Å². The van der Waals surface area contributed by atoms with Crippen LogP contribution in [0.2, 0.25) is 0 Å². The molecule has 140 valence electrons. The molecule has 0 radical (unpaired) electrons. The maximum atomic E-state index is 13.3. The number of thiazole rings is 1. The Morgan fingerprint density at radius 1 is 1.23 bits per heavy atom. The summed E-state index contributed by atoms with van der Waals surface area (Å²) in [6.07, 6.45) is -0.556. The molecule has 1 heterocycles. The molecule has 0 spiro atoms. The molecule has 0 aliphatic rings. The number of carbonyl (C=O) groups is 2. The van der Waals surface area contributed by atoms with Crippen molar-refractivity contribution >= 4 is 28.5 Å². The summed E-state index contributed by atoms with van der Waals surface area (Å²) in [5, 5.41) is 7.02. The van der Waals surface area contributed by atoms with E-state index in [9.17, 15) is 18.4 Å². The highest BCUT2D eigenvalue weighted by molar-refractivity contribution is 7.14. The van der Waals surface area contributed by atoms with Crippen LogP contribution in [0, 0.1) is 11.6 Å². The highest BCUT2D eigenvalue weighted by Crippen LogP contribution is 2.26. The topological polar surface area (TPSA) is 80.3 Å². The highest BCUT2D eigenvalue weighted by Gasteiger charge is 2.16. The van der Waals surface area contributed by atoms with Gasteiger partial charge in [-0.25, -0.2) is 18.6 Å². The predicted octanol–water partition coefficient (Wildman–Crippen LogP) is 3.94. The Bertz CT molecular complexity index is 803. The molecular weight excluding hydrogens is 364 g/mol. The number of anilines is 1. The van der Waals surface area contributed by atoms with Crippen molar-refractivity contribution in [2.45, 2.75) is 32.8 Å². The third-order valence-electron chi connectivity index (χ3n) is 2.99. The largest absolute Gasteiger partial charge is 0.444 e. The Morgan fingerprint density at radius 2 is 1.96 bits per heavy atom. The van der Waals surface area contributed by atoms with Gasteiger partial charge in [0.1, 0.15) is 5.60 Å². The van der Waals surface area contributed by atoms with Crippen LogP contribution < -0.4 is 10.6 Å². The van der Waals surface area contributed by atoms with Crippen LogP contribution in [0.1, 0.15) is 27.2 Å². The van der Waals surface area contributed by atoms with Gasteiger partial charge in [0.25, 0.3) is 0 Å². The lowest BCUT2D eigenvalue weighted by Gasteiger charge is -2.19. The third kappa shape index (κ3) is 6.07. The number of alkyl carbamates (subject to hydrolysis) is 1. The van der Waals surface area contributed by atoms with Crippen LogP contribution in [0.5, 0.6) is 0 Å². The summed E-state index contributed by atoms with van der Waals surface area (Å²) in [6.45, 7) is 5.34. The van der Waals surface area contributed by atoms with Crippen molar-refractivity contribution in [3.8, 4) is 11.3 Å². The predicted molar refractivity (Wildman–Crippen MR) is 94.9 cm³/mol. The Morgan fingerprint density at radius 3 is 2.62 bits per heavy atom. The van der Waals surface area contributed by atoms with Crippen molar-refractivity contribution in [1.82, 2.24) is 10.3 Å². The second-order valence-corrected chi connectivity index (χ2v) is 7.25. The average Bonchev–Trinajstić information content (AvgIpc) is 2.96. The van der Waals surface area contributed by atoms with E-state index in [2.05, 4.69) is 15.6 Å². The van der Waals surface area contributed by atoms with E-state index in [1.54, 1.807) is 26.2 Å². The van der Waals surface area contributed by atoms with E-state index < -0.39 is 23.3 Å². The Kier molecular flexibility index (Phi) is 6.25. The van der Waals surface area contributed by atoms with Gasteiger partial charge < -0.3 is 15.4 Å². The van der Waals surface area contributed by atoms with Crippen LogP contribution in [-0.4, -0.2) is 29.1 Å². The Hall–Kier alpha value is -2.55. The first-order chi connectivity index (χ1) is 12.1. The van der Waals surface area contributed by atoms with Crippen LogP contribution in [0.4, 0.5) is 18.7 Å². The molecular formula is C17H19F2N3O3S. The molecule has 0 aliphatic heterocycles. The molecule has 2 aromatic rings. The van der Waals surface area contributed by atoms with Gasteiger partial charge in [-0.05, 0) is 39.0 Å². The van der Waals surface area contributed by atoms with E-state index in [0.29, 0.717) is 16.4 Å². The molecule has 2 N–H and O–H groups in total. The fourth-order valence-electron chi connectivity index (χ4n) is 1.89. The van der Waals surface area contributed by atoms with E-state index in [-0.39, 0.29) is 18.9 Å². The molecule has 26 heavy (non-hydrogen) atoms. The lowest BCUT2D eigenvalue weighted by Crippen LogP contribution is -2.34. The number of benzene rings is 1. The molecule has 0 fully saturated rings. The van der Waals surface area contributed by atoms with Crippen molar-refractivity contribution in [2.24, 2.45) is 0 Å². The highest BCUT2D eigenvalue weighted by atomic mass is 32.1. The van der Waals surface area contributed by atoms with Crippen LogP contribution >= 0.6 is 11.3 Å². The second kappa shape index (κ2) is 8.22. The summed E-state index contributed by atoms with van der Waals surface area (Å²) in [4.78, 5) is 27.5. The van der Waals surface area contributed by atoms with Crippen LogP contribution in [0.15, 0.2) is 23.6 Å². The normalized spacial score (nSPS) is 11.1. The first-order valence-corrected chi connectivity index (χ1v) is 8.69. The van der Waals surface area contributed by atoms with Crippen LogP contribution in [-0.2, 0) is 9.53 Å². The summed E-state index contributed by atoms with van der Waals surface area (Å²) in [6, 6.07) is 3.47. The number of nitrogens with one attached hydrogen (secondary N) is 2. The lowest BCUT2D eigenvalue weighted by atomic mass is 10.2. The zero-order valence-corrected chi connectivity index (χ0v) is 15.4. The van der Waals surface area contributed by atoms with Crippen LogP contribution in [0.3, 0.4) is 0 Å². The zero-order chi connectivity index (χ0) is 19.3. The number of ether oxygens (including phenoxy) is 1. The Labute approximate surface area is 153 Å². The fourth-order valence-corrected chi connectivity index (χ4v) is 2.63. The fraction of sp³-hybridized carbons (Fsp3) is 0.353. The summed E-state index contributed by atoms with van der Waals surface area (Å²) in [7, 11) is 0. The van der Waals surface area contributed by atoms with Crippen molar-refractivity contribution in [2.75, 3.05) is 11.9 Å². The molecule has 2 rings (SSSR count). The van der Waals surface area contributed by atoms with Gasteiger partial charge in [0, 0.05) is 23.9 Å². The number of rotatable bonds is 5. The quantitative estimate of drug-likeness (QED) is 0.820. The minimum absolute atomic E-state index is 0.0410. The molecule has 0 bridgehead atoms. The molecule has 0 atom stereocenters. The van der Waals surface area contributed by atoms with Gasteiger partial charge in [-0.1, -0.05) is 0 Å². The summed E-state index contributed by atoms with van der Waals surface area (Å²) >= 11 is 1.16. The summed E-state index contributed by atoms with van der Waals surface area (Å²) in [5.41, 5.74) is 0.229. The molecule has 1 aromatic carbocycles. The van der Waals surface area contributed by atoms with E-state index in [1.165, 1.54) is 6.07 Å². The first kappa shape index (κ1) is 19.8. The minimum Gasteiger partial charge on any atom is -0.444 e. The second-order valence-electron chi connectivity index (χ2n) is 6.39. The third-order valence-corrected chi connectivity index (χ3v) is 3.74. The Balaban J connectivity index is 1.84. The minimum atomic E-state index is -0.964. The van der Waals surface area contributed by atoms with E-state index in [0.717, 1.165) is 23.5 Å². The maximum Gasteiger partial charge on any atom is 0.407 e. The van der Waals surface area contributed by atoms with Gasteiger partial charge in [0.05, 0.1) is 5.69 Å². The van der Waals surface area contributed by atoms with Gasteiger partial charge in [0.15, 0.2) is 16.8 Å². The molecule has 0 saturated heterocycles. The van der Waals surface area contributed by atoms with Crippen LogP contribution in [0.25, 0.3) is 11.3 Å². The van der Waals surface area contributed by atoms with Crippen molar-refractivity contribution < 1.29 is 23.1 Å². The average molecular weight is 383 g/mol. The molecule has 0 aliphatic carbocycles. The molecule has 2 amide bonds. The molecule has 6 nitrogen and oxygen atoms in total. The number of halogens is 2. The maximum absolute atomic E-state index is 13.3. The summed E-state index contributed by atoms with van der Waals surface area (Å²) in [5.74, 6) is -2.24. The zero-order valence-electron chi connectivity index (χ0n) is 14.6. The van der Waals surface area contributed by atoms with E-state index in [4.69, 9.17) is 4.74 Å². The van der Waals surface area contributed by atoms with Gasteiger partial charge in [-0.2, -0.15) is 0 Å². The van der Waals surface area contributed by atoms with Gasteiger partial charge in [-0.15, -0.1) is 11.3 Å². The van der Waals surface area contributed by atoms with Crippen molar-refractivity contribution in [1.29, 1.82) is 0 Å². The lowest BCUT2D eigenvalue weighted by molar-refractivity contribution is -0.116. The standard InChI is InChI=1S/C17H19F2N3O3S/c1-17(2,3)25-16(24)20-7-6-14(23)22-15-21-13(9-26-15)10-4-5-11(18)12(19)8-10/h4-5,8-9H,6-7H2,1-3H3,(H,20,24)(H,21,22,23). The smallest absolute Gasteiger partial charge is 0.407 e. The number of hydrogen-bond donors (Lipinski definition) is 2. The number of nitrogens with zero attached hydrogens (tertiary/aromatic N) is 1. The number of hydrogen-bond acceptors (Lipinski definition) is 5. The SMILES string of the molecule is CC(C)(C)OC(=O)NCCC(=O)Nc1nc(-c2ccc(F)c(F)c2)cs1. The molecule has 0 unspecified atom stereocenters. The van der Waals surface area contributed by atoms with E-state index >= 15 is 0 Å². The monoisotopic (exact) mass is 383 g/mol. The molecule has 0 saturated carbocycles. The van der Waals surface area contributed by atoms with Gasteiger partial charge >= 0.3 is 6.09 Å². The summed E-state index contributed by atoms with van der Waals surface area (Å²) < 4.78 is 31.3. The number of carbonyl (C=O) groups excluding carboxylic acids is 2. The van der Waals surface area contributed by atoms with Gasteiger partial charge in [0.2, 0.25) is 5.91 Å². The van der Waals surface area contributed by atoms with Gasteiger partial charge in [-0.3, -0.25) is 4.79 Å². The molecule has 1 aromatic heterocycles. The number of amides is 2.